The third-order valence-electron chi connectivity index (χ3n) is 16.2. The van der Waals surface area contributed by atoms with Crippen LogP contribution in [0, 0.1) is 18.2 Å². The van der Waals surface area contributed by atoms with Crippen molar-refractivity contribution < 1.29 is 38.2 Å². The summed E-state index contributed by atoms with van der Waals surface area (Å²) < 4.78 is 19.4. The van der Waals surface area contributed by atoms with E-state index in [1.54, 1.807) is 29.5 Å². The number of aliphatic hydroxyl groups is 1. The number of methoxy groups -OCH3 is 1. The lowest BCUT2D eigenvalue weighted by Crippen LogP contribution is -2.58. The number of likely N-dealkylation sites (tertiary alicyclic amines) is 2. The lowest BCUT2D eigenvalue weighted by molar-refractivity contribution is -0.144. The van der Waals surface area contributed by atoms with Gasteiger partial charge in [0.05, 0.1) is 45.5 Å². The third-order valence-corrected chi connectivity index (χ3v) is 17.5. The van der Waals surface area contributed by atoms with Gasteiger partial charge in [-0.05, 0) is 73.7 Å². The molecule has 444 valence electrons. The van der Waals surface area contributed by atoms with Crippen LogP contribution in [0.2, 0.25) is 5.02 Å². The molecule has 0 bridgehead atoms. The second-order valence-electron chi connectivity index (χ2n) is 23.0. The number of piperazine rings is 2. The van der Waals surface area contributed by atoms with Crippen molar-refractivity contribution in [2.45, 2.75) is 90.6 Å². The minimum absolute atomic E-state index is 0.00926. The van der Waals surface area contributed by atoms with Crippen LogP contribution < -0.4 is 26.0 Å². The highest BCUT2D eigenvalue weighted by atomic mass is 35.5. The zero-order chi connectivity index (χ0) is 58.8. The molecule has 5 N–H and O–H groups in total. The van der Waals surface area contributed by atoms with Crippen LogP contribution in [-0.4, -0.2) is 202 Å². The summed E-state index contributed by atoms with van der Waals surface area (Å²) in [6, 6.07) is 14.4. The van der Waals surface area contributed by atoms with Gasteiger partial charge in [0.15, 0.2) is 0 Å². The molecule has 4 aliphatic rings. The molecule has 6 heterocycles. The van der Waals surface area contributed by atoms with E-state index >= 15 is 0 Å². The molecule has 0 aliphatic carbocycles. The maximum absolute atomic E-state index is 14.2. The number of piperidine rings is 1. The van der Waals surface area contributed by atoms with Crippen molar-refractivity contribution in [3.63, 3.8) is 0 Å². The number of carbonyl (C=O) groups excluding carboxylic acids is 5. The Morgan fingerprint density at radius 2 is 1.59 bits per heavy atom. The van der Waals surface area contributed by atoms with Gasteiger partial charge < -0.3 is 50.7 Å². The number of carbonyl (C=O) groups is 5. The quantitative estimate of drug-likeness (QED) is 0.0572. The van der Waals surface area contributed by atoms with E-state index < -0.39 is 29.4 Å². The van der Waals surface area contributed by atoms with Crippen LogP contribution in [0.3, 0.4) is 0 Å². The van der Waals surface area contributed by atoms with Gasteiger partial charge in [-0.3, -0.25) is 33.8 Å². The first-order valence-corrected chi connectivity index (χ1v) is 29.9. The van der Waals surface area contributed by atoms with Gasteiger partial charge in [0.25, 0.3) is 0 Å². The number of aliphatic hydroxyl groups excluding tert-OH is 1. The molecule has 3 atom stereocenters. The van der Waals surface area contributed by atoms with E-state index in [2.05, 4.69) is 55.8 Å². The minimum atomic E-state index is -0.898. The molecular weight excluding hydrogens is 1100 g/mol. The van der Waals surface area contributed by atoms with Crippen molar-refractivity contribution in [1.29, 1.82) is 0 Å². The van der Waals surface area contributed by atoms with Gasteiger partial charge in [-0.25, -0.2) is 19.3 Å². The van der Waals surface area contributed by atoms with E-state index in [1.807, 2.05) is 68.4 Å². The van der Waals surface area contributed by atoms with Crippen molar-refractivity contribution in [2.24, 2.45) is 5.41 Å². The molecule has 23 heteroatoms. The molecule has 1 unspecified atom stereocenters. The van der Waals surface area contributed by atoms with Crippen LogP contribution in [0.5, 0.6) is 5.75 Å². The number of amides is 5. The van der Waals surface area contributed by atoms with Crippen LogP contribution in [0.1, 0.15) is 64.1 Å². The van der Waals surface area contributed by atoms with Gasteiger partial charge >= 0.3 is 0 Å². The predicted octanol–water partition coefficient (Wildman–Crippen LogP) is 5.92. The largest absolute Gasteiger partial charge is 0.494 e. The molecule has 3 aromatic carbocycles. The van der Waals surface area contributed by atoms with Crippen LogP contribution in [0.4, 0.5) is 21.6 Å². The first kappa shape index (κ1) is 60.9. The molecule has 20 nitrogen and oxygen atoms in total. The van der Waals surface area contributed by atoms with Gasteiger partial charge in [0.2, 0.25) is 29.5 Å². The van der Waals surface area contributed by atoms with E-state index in [4.69, 9.17) is 16.3 Å². The second kappa shape index (κ2) is 27.8. The van der Waals surface area contributed by atoms with Crippen molar-refractivity contribution in [2.75, 3.05) is 109 Å². The van der Waals surface area contributed by atoms with Crippen LogP contribution >= 0.6 is 22.9 Å². The van der Waals surface area contributed by atoms with Crippen molar-refractivity contribution >= 4 is 80.6 Å². The first-order chi connectivity index (χ1) is 39.9. The number of aromatic nitrogens is 3. The maximum Gasteiger partial charge on any atom is 0.248 e. The molecule has 4 saturated heterocycles. The number of nitrogens with zero attached hydrogens (tertiary/aromatic N) is 9. The Hall–Kier alpha value is -6.66. The van der Waals surface area contributed by atoms with Gasteiger partial charge in [-0.2, -0.15) is 0 Å². The molecule has 83 heavy (non-hydrogen) atoms. The summed E-state index contributed by atoms with van der Waals surface area (Å²) in [5.41, 5.74) is 5.66. The summed E-state index contributed by atoms with van der Waals surface area (Å²) in [7, 11) is 1.52. The Kier molecular flexibility index (Phi) is 20.4. The van der Waals surface area contributed by atoms with Gasteiger partial charge in [-0.15, -0.1) is 11.3 Å². The average Bonchev–Trinajstić information content (AvgIpc) is 4.04. The predicted molar refractivity (Wildman–Crippen MR) is 320 cm³/mol. The van der Waals surface area contributed by atoms with Gasteiger partial charge in [0, 0.05) is 134 Å². The van der Waals surface area contributed by atoms with Gasteiger partial charge in [0.1, 0.15) is 35.8 Å². The fourth-order valence-electron chi connectivity index (χ4n) is 11.4. The smallest absolute Gasteiger partial charge is 0.248 e. The Balaban J connectivity index is 0.642. The second-order valence-corrected chi connectivity index (χ2v) is 24.3. The molecule has 4 aliphatic heterocycles. The number of rotatable bonds is 20. The molecule has 0 saturated carbocycles. The van der Waals surface area contributed by atoms with Crippen LogP contribution in [-0.2, 0) is 30.5 Å². The SMILES string of the molecule is COc1cc2ncnc(Nc3ccc(F)c(Cl)c3)c2cc1NC(=O)/C=C/CN1CCC(N2CCN(C(=O)CCN3CCN(CCC(=O)NC(C(=O)N4C[C@H](O)C[C@H]4C(=O)NCc4ccc(-c5scnc5C)cc4)C(C)(C)C)CC3)CC2)CC1. The topological polar surface area (TPSA) is 221 Å². The number of aryl methyl sites for hydroxylation is 1. The number of anilines is 3. The molecule has 5 amide bonds. The number of thiazole rings is 1. The number of β-amino-alcohol motifs (C(OH)–C–C–N with tert-alkyl or cyclic N) is 1. The fraction of sp³-hybridized carbons (Fsp3) is 0.500. The molecular formula is C60H77ClFN13O7S. The normalized spacial score (nSPS) is 19.3. The Labute approximate surface area is 493 Å². The zero-order valence-corrected chi connectivity index (χ0v) is 49.6. The van der Waals surface area contributed by atoms with E-state index in [0.29, 0.717) is 79.0 Å². The molecule has 9 rings (SSSR count). The third kappa shape index (κ3) is 16.0. The standard InChI is InChI=1S/C60H77ClFN13O7S/c1-39-55(83-38-66-39)41-10-8-40(9-11-41)35-63-58(80)50-32-44(76)36-75(50)59(81)56(60(2,3)4)69-53(78)16-21-71-23-25-72(26-24-71)22-17-54(79)74-29-27-73(28-30-74)43-14-19-70(20-15-43)18-6-7-52(77)68-49-33-45-48(34-51(49)82-5)64-37-65-57(45)67-42-12-13-47(62)46(61)31-42/h6-13,31,33-34,37-38,43-44,50,56,76H,14-30,32,35-36H2,1-5H3,(H,63,80)(H,68,77)(H,69,78)(H,64,65,67)/b7-6+/t44-,50+,56?/m1/s1. The summed E-state index contributed by atoms with van der Waals surface area (Å²) in [4.78, 5) is 94.8. The number of fused-ring (bicyclic) bond motifs is 1. The van der Waals surface area contributed by atoms with Crippen molar-refractivity contribution in [3.05, 3.63) is 101 Å². The summed E-state index contributed by atoms with van der Waals surface area (Å²) in [5.74, 6) is -0.746. The van der Waals surface area contributed by atoms with E-state index in [9.17, 15) is 33.5 Å². The number of ether oxygens (including phenoxy) is 1. The lowest BCUT2D eigenvalue weighted by Gasteiger charge is -2.43. The lowest BCUT2D eigenvalue weighted by atomic mass is 9.85. The fourth-order valence-corrected chi connectivity index (χ4v) is 12.4. The number of hydrogen-bond donors (Lipinski definition) is 5. The Morgan fingerprint density at radius 3 is 2.25 bits per heavy atom. The van der Waals surface area contributed by atoms with Crippen molar-refractivity contribution in [3.8, 4) is 16.2 Å². The monoisotopic (exact) mass is 1180 g/mol. The molecule has 0 spiro atoms. The highest BCUT2D eigenvalue weighted by molar-refractivity contribution is 7.13. The van der Waals surface area contributed by atoms with E-state index in [0.717, 1.165) is 86.9 Å². The average molecular weight is 1180 g/mol. The van der Waals surface area contributed by atoms with Crippen LogP contribution in [0.15, 0.2) is 78.6 Å². The Bertz CT molecular complexity index is 3120. The molecule has 4 fully saturated rings. The number of hydrogen-bond acceptors (Lipinski definition) is 16. The number of nitrogens with one attached hydrogen (secondary N) is 4. The molecule has 0 radical (unpaired) electrons. The zero-order valence-electron chi connectivity index (χ0n) is 48.0. The number of halogens is 2. The highest BCUT2D eigenvalue weighted by Gasteiger charge is 2.44. The minimum Gasteiger partial charge on any atom is -0.494 e. The van der Waals surface area contributed by atoms with Crippen molar-refractivity contribution in [1.82, 2.24) is 55.0 Å². The highest BCUT2D eigenvalue weighted by Crippen LogP contribution is 2.34. The molecule has 2 aromatic heterocycles. The molecule has 5 aromatic rings. The summed E-state index contributed by atoms with van der Waals surface area (Å²) in [6.07, 6.45) is 6.76. The van der Waals surface area contributed by atoms with Crippen LogP contribution in [0.25, 0.3) is 21.3 Å². The maximum atomic E-state index is 14.2. The summed E-state index contributed by atoms with van der Waals surface area (Å²) >= 11 is 7.57. The first-order valence-electron chi connectivity index (χ1n) is 28.6. The number of benzene rings is 3. The van der Waals surface area contributed by atoms with E-state index in [1.165, 1.54) is 36.5 Å². The van der Waals surface area contributed by atoms with E-state index in [-0.39, 0.29) is 60.5 Å². The Morgan fingerprint density at radius 1 is 0.880 bits per heavy atom. The van der Waals surface area contributed by atoms with Gasteiger partial charge in [-0.1, -0.05) is 62.7 Å². The summed E-state index contributed by atoms with van der Waals surface area (Å²) in [5, 5.41) is 23.3. The summed E-state index contributed by atoms with van der Waals surface area (Å²) in [6.45, 7) is 17.8.